The highest BCUT2D eigenvalue weighted by atomic mass is 32.1. The number of carboxylic acids is 2. The number of amides is 8. The van der Waals surface area contributed by atoms with E-state index in [0.717, 1.165) is 6.92 Å². The monoisotopic (exact) mass is 905 g/mol. The normalized spacial score (nSPS) is 14.8. The highest BCUT2D eigenvalue weighted by molar-refractivity contribution is 7.80. The number of carboxylic acid groups (broad SMARTS) is 2. The van der Waals surface area contributed by atoms with Gasteiger partial charge >= 0.3 is 11.9 Å². The molecule has 0 rings (SSSR count). The largest absolute Gasteiger partial charge is 0.481 e. The van der Waals surface area contributed by atoms with Crippen LogP contribution in [-0.2, 0) is 47.9 Å². The van der Waals surface area contributed by atoms with Crippen LogP contribution >= 0.6 is 12.6 Å². The lowest BCUT2D eigenvalue weighted by Gasteiger charge is -2.27. The molecule has 8 atom stereocenters. The number of nitrogens with two attached hydrogens (primary N) is 5. The Morgan fingerprint density at radius 2 is 1.21 bits per heavy atom. The summed E-state index contributed by atoms with van der Waals surface area (Å²) in [5, 5.41) is 45.3. The first-order valence-corrected chi connectivity index (χ1v) is 20.2. The Morgan fingerprint density at radius 1 is 0.645 bits per heavy atom. The van der Waals surface area contributed by atoms with Gasteiger partial charge in [0.1, 0.15) is 36.3 Å². The first kappa shape index (κ1) is 56.2. The van der Waals surface area contributed by atoms with Crippen LogP contribution in [0.1, 0.15) is 72.1 Å². The summed E-state index contributed by atoms with van der Waals surface area (Å²) in [5.74, 6) is -11.8. The molecule has 0 saturated heterocycles. The number of aliphatic carboxylic acids is 2. The van der Waals surface area contributed by atoms with Crippen molar-refractivity contribution >= 4 is 77.8 Å². The van der Waals surface area contributed by atoms with Crippen LogP contribution in [0.2, 0.25) is 0 Å². The molecule has 0 radical (unpaired) electrons. The van der Waals surface area contributed by atoms with Crippen LogP contribution < -0.4 is 65.9 Å². The van der Waals surface area contributed by atoms with Crippen molar-refractivity contribution in [1.29, 1.82) is 0 Å². The number of nitrogens with one attached hydrogen (secondary N) is 7. The topological polar surface area (TPSA) is 458 Å². The van der Waals surface area contributed by atoms with Crippen molar-refractivity contribution < 1.29 is 63.3 Å². The number of aliphatic hydroxyl groups is 1. The Hall–Kier alpha value is -5.80. The van der Waals surface area contributed by atoms with E-state index in [9.17, 15) is 63.3 Å². The van der Waals surface area contributed by atoms with Crippen LogP contribution in [0.5, 0.6) is 0 Å². The summed E-state index contributed by atoms with van der Waals surface area (Å²) in [6.07, 6.45) is -2.03. The van der Waals surface area contributed by atoms with Gasteiger partial charge in [-0.2, -0.15) is 12.6 Å². The molecule has 8 amide bonds. The predicted octanol–water partition coefficient (Wildman–Crippen LogP) is -6.69. The number of thiol groups is 1. The van der Waals surface area contributed by atoms with Crippen LogP contribution in [0, 0.1) is 5.92 Å². The van der Waals surface area contributed by atoms with E-state index >= 15 is 0 Å². The van der Waals surface area contributed by atoms with Crippen molar-refractivity contribution in [2.45, 2.75) is 121 Å². The highest BCUT2D eigenvalue weighted by Gasteiger charge is 2.35. The molecule has 0 aliphatic rings. The molecule has 0 bridgehead atoms. The van der Waals surface area contributed by atoms with E-state index in [0.29, 0.717) is 19.3 Å². The van der Waals surface area contributed by atoms with Crippen molar-refractivity contribution in [3.8, 4) is 0 Å². The summed E-state index contributed by atoms with van der Waals surface area (Å²) in [6.45, 7) is 3.72. The molecule has 0 fully saturated rings. The fraction of sp³-hybridized carbons (Fsp3) is 0.686. The van der Waals surface area contributed by atoms with Gasteiger partial charge in [0.05, 0.1) is 25.1 Å². The van der Waals surface area contributed by atoms with Gasteiger partial charge in [-0.25, -0.2) is 4.79 Å². The first-order chi connectivity index (χ1) is 28.9. The molecule has 0 aliphatic heterocycles. The zero-order chi connectivity index (χ0) is 47.7. The second kappa shape index (κ2) is 29.5. The molecule has 27 heteroatoms. The second-order valence-electron chi connectivity index (χ2n) is 14.4. The number of carbonyl (C=O) groups excluding carboxylic acids is 8. The predicted molar refractivity (Wildman–Crippen MR) is 224 cm³/mol. The van der Waals surface area contributed by atoms with E-state index in [1.54, 1.807) is 0 Å². The smallest absolute Gasteiger partial charge is 0.326 e. The van der Waals surface area contributed by atoms with E-state index in [2.05, 4.69) is 54.8 Å². The number of hydrogen-bond donors (Lipinski definition) is 16. The van der Waals surface area contributed by atoms with Gasteiger partial charge in [-0.15, -0.1) is 0 Å². The van der Waals surface area contributed by atoms with Gasteiger partial charge in [0.2, 0.25) is 47.3 Å². The molecule has 0 unspecified atom stereocenters. The molecular weight excluding hydrogens is 843 g/mol. The van der Waals surface area contributed by atoms with Crippen molar-refractivity contribution in [3.05, 3.63) is 0 Å². The van der Waals surface area contributed by atoms with Gasteiger partial charge in [0.25, 0.3) is 0 Å². The Bertz CT molecular complexity index is 1600. The molecule has 352 valence electrons. The second-order valence-corrected chi connectivity index (χ2v) is 14.8. The minimum atomic E-state index is -1.90. The van der Waals surface area contributed by atoms with E-state index in [-0.39, 0.29) is 50.5 Å². The number of unbranched alkanes of at least 4 members (excludes halogenated alkanes) is 1. The summed E-state index contributed by atoms with van der Waals surface area (Å²) < 4.78 is 0. The Morgan fingerprint density at radius 3 is 1.73 bits per heavy atom. The number of rotatable bonds is 31. The third kappa shape index (κ3) is 22.7. The number of aliphatic imine (C=N–C) groups is 1. The fourth-order valence-electron chi connectivity index (χ4n) is 5.32. The van der Waals surface area contributed by atoms with Crippen molar-refractivity contribution in [3.63, 3.8) is 0 Å². The van der Waals surface area contributed by atoms with Crippen molar-refractivity contribution in [2.24, 2.45) is 39.6 Å². The van der Waals surface area contributed by atoms with Crippen LogP contribution in [0.3, 0.4) is 0 Å². The molecule has 0 saturated carbocycles. The molecule has 0 spiro atoms. The molecule has 0 aliphatic carbocycles. The van der Waals surface area contributed by atoms with Crippen LogP contribution in [0.15, 0.2) is 4.99 Å². The third-order valence-electron chi connectivity index (χ3n) is 8.76. The summed E-state index contributed by atoms with van der Waals surface area (Å²) >= 11 is 4.12. The van der Waals surface area contributed by atoms with E-state index in [1.165, 1.54) is 13.8 Å². The Labute approximate surface area is 363 Å². The standard InChI is InChI=1S/C35H63N13O13S/c1-16(2)26(32(58)44-20(34(60)61)9-10-23(38)50)48-30(56)21(13-25(52)53)45-33(59)27(17(3)49)47-24(51)14-42-29(55)19(8-4-5-11-36)43-31(57)22(15-62)46-28(54)18(37)7-6-12-41-35(39)40/h16-22,26-27,49,62H,4-15,36-37H2,1-3H3,(H2,38,50)(H,42,55)(H,43,57)(H,44,58)(H,45,59)(H,46,54)(H,47,51)(H,48,56)(H,52,53)(H,60,61)(H4,39,40,41)/t17-,18+,19+,20+,21+,22+,26+,27+/m1/s1. The lowest BCUT2D eigenvalue weighted by molar-refractivity contribution is -0.144. The average molecular weight is 906 g/mol. The molecule has 20 N–H and O–H groups in total. The number of primary amides is 1. The molecule has 0 heterocycles. The van der Waals surface area contributed by atoms with Gasteiger partial charge in [-0.05, 0) is 57.9 Å². The van der Waals surface area contributed by atoms with Gasteiger partial charge in [-0.1, -0.05) is 13.8 Å². The number of guanidine groups is 1. The maximum atomic E-state index is 13.3. The molecule has 0 aromatic rings. The number of hydrogen-bond acceptors (Lipinski definition) is 15. The number of carbonyl (C=O) groups is 10. The van der Waals surface area contributed by atoms with E-state index in [4.69, 9.17) is 28.7 Å². The Balaban J connectivity index is 5.81. The lowest BCUT2D eigenvalue weighted by atomic mass is 10.0. The van der Waals surface area contributed by atoms with E-state index < -0.39 is 126 Å². The fourth-order valence-corrected chi connectivity index (χ4v) is 5.57. The molecule has 0 aromatic heterocycles. The first-order valence-electron chi connectivity index (χ1n) is 19.6. The molecular formula is C35H63N13O13S. The third-order valence-corrected chi connectivity index (χ3v) is 9.12. The maximum Gasteiger partial charge on any atom is 0.326 e. The summed E-state index contributed by atoms with van der Waals surface area (Å²) in [7, 11) is 0. The lowest BCUT2D eigenvalue weighted by Crippen LogP contribution is -2.61. The Kier molecular flexibility index (Phi) is 26.7. The van der Waals surface area contributed by atoms with Crippen LogP contribution in [0.4, 0.5) is 0 Å². The summed E-state index contributed by atoms with van der Waals surface area (Å²) in [5.41, 5.74) is 27.1. The SMILES string of the molecule is CC(C)[C@H](NC(=O)[C@H](CC(=O)O)NC(=O)[C@@H](NC(=O)CNC(=O)[C@H](CCCCN)NC(=O)[C@H](CS)NC(=O)[C@@H](N)CCCN=C(N)N)[C@@H](C)O)C(=O)N[C@@H](CCC(N)=O)C(=O)O. The zero-order valence-corrected chi connectivity index (χ0v) is 35.8. The van der Waals surface area contributed by atoms with Gasteiger partial charge in [0, 0.05) is 18.7 Å². The summed E-state index contributed by atoms with van der Waals surface area (Å²) in [4.78, 5) is 130. The van der Waals surface area contributed by atoms with Crippen LogP contribution in [-0.4, -0.2) is 154 Å². The van der Waals surface area contributed by atoms with Gasteiger partial charge in [-0.3, -0.25) is 48.1 Å². The van der Waals surface area contributed by atoms with Gasteiger partial charge < -0.3 is 81.2 Å². The highest BCUT2D eigenvalue weighted by Crippen LogP contribution is 2.08. The van der Waals surface area contributed by atoms with Crippen molar-refractivity contribution in [1.82, 2.24) is 37.2 Å². The zero-order valence-electron chi connectivity index (χ0n) is 34.9. The minimum absolute atomic E-state index is 0.0500. The number of nitrogens with zero attached hydrogens (tertiary/aromatic N) is 1. The molecule has 26 nitrogen and oxygen atoms in total. The van der Waals surface area contributed by atoms with Crippen molar-refractivity contribution in [2.75, 3.05) is 25.4 Å². The quantitative estimate of drug-likeness (QED) is 0.0133. The van der Waals surface area contributed by atoms with Crippen LogP contribution in [0.25, 0.3) is 0 Å². The minimum Gasteiger partial charge on any atom is -0.481 e. The number of aliphatic hydroxyl groups excluding tert-OH is 1. The average Bonchev–Trinajstić information content (AvgIpc) is 3.18. The maximum absolute atomic E-state index is 13.3. The van der Waals surface area contributed by atoms with Gasteiger partial charge in [0.15, 0.2) is 5.96 Å². The van der Waals surface area contributed by atoms with E-state index in [1.807, 2.05) is 0 Å². The molecule has 0 aromatic carbocycles. The summed E-state index contributed by atoms with van der Waals surface area (Å²) in [6, 6.07) is -10.3. The molecule has 62 heavy (non-hydrogen) atoms.